The molecule has 0 atom stereocenters. The first-order valence-electron chi connectivity index (χ1n) is 5.59. The van der Waals surface area contributed by atoms with Crippen molar-refractivity contribution in [3.8, 4) is 0 Å². The zero-order chi connectivity index (χ0) is 12.2. The van der Waals surface area contributed by atoms with Crippen LogP contribution in [0.4, 0.5) is 0 Å². The molecule has 0 amide bonds. The SMILES string of the molecule is CC(C)Cn1ncnc1CC(C)(CO)CO. The summed E-state index contributed by atoms with van der Waals surface area (Å²) in [6.45, 7) is 6.76. The van der Waals surface area contributed by atoms with Crippen LogP contribution < -0.4 is 0 Å². The third-order valence-corrected chi connectivity index (χ3v) is 2.58. The third kappa shape index (κ3) is 3.28. The van der Waals surface area contributed by atoms with Crippen molar-refractivity contribution in [2.75, 3.05) is 13.2 Å². The number of aliphatic hydroxyl groups excluding tert-OH is 2. The van der Waals surface area contributed by atoms with Crippen molar-refractivity contribution < 1.29 is 10.2 Å². The van der Waals surface area contributed by atoms with E-state index >= 15 is 0 Å². The standard InChI is InChI=1S/C11H21N3O2/c1-9(2)5-14-10(12-8-13-14)4-11(3,6-15)7-16/h8-9,15-16H,4-7H2,1-3H3. The summed E-state index contributed by atoms with van der Waals surface area (Å²) < 4.78 is 1.84. The zero-order valence-corrected chi connectivity index (χ0v) is 10.2. The molecule has 1 aromatic rings. The average molecular weight is 227 g/mol. The summed E-state index contributed by atoms with van der Waals surface area (Å²) in [4.78, 5) is 4.18. The fourth-order valence-corrected chi connectivity index (χ4v) is 1.47. The first-order chi connectivity index (χ1) is 7.50. The Hall–Kier alpha value is -0.940. The lowest BCUT2D eigenvalue weighted by Gasteiger charge is -2.24. The van der Waals surface area contributed by atoms with E-state index in [0.717, 1.165) is 12.4 Å². The molecule has 1 aromatic heterocycles. The van der Waals surface area contributed by atoms with E-state index in [-0.39, 0.29) is 13.2 Å². The van der Waals surface area contributed by atoms with Gasteiger partial charge in [-0.05, 0) is 5.92 Å². The molecule has 0 aliphatic rings. The molecule has 0 aliphatic heterocycles. The van der Waals surface area contributed by atoms with Crippen LogP contribution in [0.5, 0.6) is 0 Å². The molecular formula is C11H21N3O2. The molecule has 0 bridgehead atoms. The average Bonchev–Trinajstić information content (AvgIpc) is 2.64. The van der Waals surface area contributed by atoms with Crippen LogP contribution in [0, 0.1) is 11.3 Å². The van der Waals surface area contributed by atoms with Gasteiger partial charge in [0.15, 0.2) is 0 Å². The minimum Gasteiger partial charge on any atom is -0.396 e. The van der Waals surface area contributed by atoms with Crippen LogP contribution in [0.2, 0.25) is 0 Å². The molecule has 16 heavy (non-hydrogen) atoms. The van der Waals surface area contributed by atoms with Crippen molar-refractivity contribution in [3.05, 3.63) is 12.2 Å². The maximum Gasteiger partial charge on any atom is 0.138 e. The van der Waals surface area contributed by atoms with Gasteiger partial charge in [-0.25, -0.2) is 9.67 Å². The van der Waals surface area contributed by atoms with Gasteiger partial charge in [0, 0.05) is 18.4 Å². The number of aromatic nitrogens is 3. The van der Waals surface area contributed by atoms with Crippen LogP contribution in [0.1, 0.15) is 26.6 Å². The van der Waals surface area contributed by atoms with E-state index in [4.69, 9.17) is 0 Å². The molecule has 1 rings (SSSR count). The van der Waals surface area contributed by atoms with E-state index in [0.29, 0.717) is 12.3 Å². The molecule has 1 heterocycles. The molecule has 5 nitrogen and oxygen atoms in total. The highest BCUT2D eigenvalue weighted by atomic mass is 16.3. The van der Waals surface area contributed by atoms with Crippen LogP contribution in [0.3, 0.4) is 0 Å². The number of aliphatic hydroxyl groups is 2. The Morgan fingerprint density at radius 1 is 1.38 bits per heavy atom. The highest BCUT2D eigenvalue weighted by Gasteiger charge is 2.25. The van der Waals surface area contributed by atoms with Gasteiger partial charge in [-0.1, -0.05) is 20.8 Å². The smallest absolute Gasteiger partial charge is 0.138 e. The molecule has 0 spiro atoms. The van der Waals surface area contributed by atoms with Gasteiger partial charge in [-0.3, -0.25) is 0 Å². The zero-order valence-electron chi connectivity index (χ0n) is 10.2. The maximum absolute atomic E-state index is 9.24. The lowest BCUT2D eigenvalue weighted by molar-refractivity contribution is 0.0676. The lowest BCUT2D eigenvalue weighted by atomic mass is 9.88. The molecule has 0 fully saturated rings. The molecule has 0 aliphatic carbocycles. The van der Waals surface area contributed by atoms with E-state index in [1.165, 1.54) is 6.33 Å². The Balaban J connectivity index is 2.76. The minimum atomic E-state index is -0.526. The van der Waals surface area contributed by atoms with E-state index in [1.807, 2.05) is 11.6 Å². The topological polar surface area (TPSA) is 71.2 Å². The van der Waals surface area contributed by atoms with Gasteiger partial charge in [-0.2, -0.15) is 5.10 Å². The Morgan fingerprint density at radius 3 is 2.50 bits per heavy atom. The van der Waals surface area contributed by atoms with E-state index < -0.39 is 5.41 Å². The summed E-state index contributed by atoms with van der Waals surface area (Å²) in [6.07, 6.45) is 2.06. The van der Waals surface area contributed by atoms with Crippen LogP contribution in [0.25, 0.3) is 0 Å². The van der Waals surface area contributed by atoms with E-state index in [9.17, 15) is 10.2 Å². The molecule has 0 radical (unpaired) electrons. The second kappa shape index (κ2) is 5.41. The number of hydrogen-bond acceptors (Lipinski definition) is 4. The Bertz CT molecular complexity index is 319. The monoisotopic (exact) mass is 227 g/mol. The molecule has 92 valence electrons. The first-order valence-corrected chi connectivity index (χ1v) is 5.59. The third-order valence-electron chi connectivity index (χ3n) is 2.58. The van der Waals surface area contributed by atoms with Crippen molar-refractivity contribution in [1.29, 1.82) is 0 Å². The minimum absolute atomic E-state index is 0.0575. The summed E-state index contributed by atoms with van der Waals surface area (Å²) in [6, 6.07) is 0. The van der Waals surface area contributed by atoms with Crippen LogP contribution >= 0.6 is 0 Å². The maximum atomic E-state index is 9.24. The van der Waals surface area contributed by atoms with Gasteiger partial charge in [0.05, 0.1) is 13.2 Å². The summed E-state index contributed by atoms with van der Waals surface area (Å²) in [5.41, 5.74) is -0.526. The second-order valence-corrected chi connectivity index (χ2v) is 5.06. The first kappa shape index (κ1) is 13.1. The van der Waals surface area contributed by atoms with Crippen molar-refractivity contribution in [3.63, 3.8) is 0 Å². The van der Waals surface area contributed by atoms with E-state index in [2.05, 4.69) is 23.9 Å². The normalized spacial score (nSPS) is 12.4. The number of nitrogens with zero attached hydrogens (tertiary/aromatic N) is 3. The highest BCUT2D eigenvalue weighted by molar-refractivity contribution is 4.92. The molecule has 5 heteroatoms. The Labute approximate surface area is 96.1 Å². The van der Waals surface area contributed by atoms with Crippen LogP contribution in [-0.4, -0.2) is 38.2 Å². The Morgan fingerprint density at radius 2 is 2.00 bits per heavy atom. The van der Waals surface area contributed by atoms with Crippen LogP contribution in [-0.2, 0) is 13.0 Å². The van der Waals surface area contributed by atoms with Crippen molar-refractivity contribution in [2.24, 2.45) is 11.3 Å². The van der Waals surface area contributed by atoms with Gasteiger partial charge < -0.3 is 10.2 Å². The summed E-state index contributed by atoms with van der Waals surface area (Å²) in [7, 11) is 0. The Kier molecular flexibility index (Phi) is 4.44. The van der Waals surface area contributed by atoms with Crippen molar-refractivity contribution in [1.82, 2.24) is 14.8 Å². The second-order valence-electron chi connectivity index (χ2n) is 5.06. The summed E-state index contributed by atoms with van der Waals surface area (Å²) in [5, 5.41) is 22.6. The molecule has 0 unspecified atom stereocenters. The lowest BCUT2D eigenvalue weighted by Crippen LogP contribution is -2.30. The molecule has 0 saturated heterocycles. The van der Waals surface area contributed by atoms with Crippen molar-refractivity contribution in [2.45, 2.75) is 33.7 Å². The predicted molar refractivity (Wildman–Crippen MR) is 60.8 cm³/mol. The van der Waals surface area contributed by atoms with E-state index in [1.54, 1.807) is 0 Å². The summed E-state index contributed by atoms with van der Waals surface area (Å²) >= 11 is 0. The number of rotatable bonds is 6. The predicted octanol–water partition coefficient (Wildman–Crippen LogP) is 0.468. The summed E-state index contributed by atoms with van der Waals surface area (Å²) in [5.74, 6) is 1.31. The van der Waals surface area contributed by atoms with Crippen LogP contribution in [0.15, 0.2) is 6.33 Å². The largest absolute Gasteiger partial charge is 0.396 e. The van der Waals surface area contributed by atoms with Gasteiger partial charge in [-0.15, -0.1) is 0 Å². The fourth-order valence-electron chi connectivity index (χ4n) is 1.47. The number of hydrogen-bond donors (Lipinski definition) is 2. The molecule has 0 saturated carbocycles. The molecule has 2 N–H and O–H groups in total. The van der Waals surface area contributed by atoms with Crippen molar-refractivity contribution >= 4 is 0 Å². The van der Waals surface area contributed by atoms with Gasteiger partial charge >= 0.3 is 0 Å². The van der Waals surface area contributed by atoms with Gasteiger partial charge in [0.25, 0.3) is 0 Å². The fraction of sp³-hybridized carbons (Fsp3) is 0.818. The highest BCUT2D eigenvalue weighted by Crippen LogP contribution is 2.20. The van der Waals surface area contributed by atoms with Gasteiger partial charge in [0.1, 0.15) is 12.2 Å². The van der Waals surface area contributed by atoms with Gasteiger partial charge in [0.2, 0.25) is 0 Å². The molecular weight excluding hydrogens is 206 g/mol. The molecule has 0 aromatic carbocycles. The quantitative estimate of drug-likeness (QED) is 0.741.